The summed E-state index contributed by atoms with van der Waals surface area (Å²) in [6.45, 7) is 0.751. The molecule has 1 aromatic carbocycles. The van der Waals surface area contributed by atoms with E-state index in [-0.39, 0.29) is 4.87 Å². The number of nitrogens with zero attached hydrogens (tertiary/aromatic N) is 1. The molecule has 0 radical (unpaired) electrons. The molecule has 3 nitrogen and oxygen atoms in total. The maximum atomic E-state index is 11.5. The van der Waals surface area contributed by atoms with Crippen LogP contribution in [0.15, 0.2) is 23.0 Å². The lowest BCUT2D eigenvalue weighted by molar-refractivity contribution is 0.745. The van der Waals surface area contributed by atoms with Crippen LogP contribution in [-0.4, -0.2) is 11.1 Å². The summed E-state index contributed by atoms with van der Waals surface area (Å²) >= 11 is 1.31. The number of benzene rings is 1. The van der Waals surface area contributed by atoms with Gasteiger partial charge in [0.2, 0.25) is 0 Å². The zero-order chi connectivity index (χ0) is 11.5. The first-order chi connectivity index (χ1) is 7.72. The summed E-state index contributed by atoms with van der Waals surface area (Å²) in [5.74, 6) is 0. The number of hydrogen-bond donors (Lipinski definition) is 1. The molecule has 0 amide bonds. The number of aromatic nitrogens is 1. The van der Waals surface area contributed by atoms with E-state index in [0.717, 1.165) is 36.0 Å². The molecule has 0 fully saturated rings. The molecule has 16 heavy (non-hydrogen) atoms. The molecule has 2 aromatic rings. The van der Waals surface area contributed by atoms with Crippen LogP contribution >= 0.6 is 11.3 Å². The summed E-state index contributed by atoms with van der Waals surface area (Å²) in [5, 5.41) is 0. The fraction of sp³-hybridized carbons (Fsp3) is 0.417. The van der Waals surface area contributed by atoms with Gasteiger partial charge in [-0.2, -0.15) is 0 Å². The summed E-state index contributed by atoms with van der Waals surface area (Å²) in [6, 6.07) is 6.26. The Hall–Kier alpha value is -1.13. The fourth-order valence-electron chi connectivity index (χ4n) is 1.81. The number of hydrogen-bond acceptors (Lipinski definition) is 3. The van der Waals surface area contributed by atoms with Gasteiger partial charge >= 0.3 is 4.87 Å². The zero-order valence-electron chi connectivity index (χ0n) is 9.40. The lowest BCUT2D eigenvalue weighted by Crippen LogP contribution is -2.06. The molecule has 1 aromatic heterocycles. The monoisotopic (exact) mass is 236 g/mol. The smallest absolute Gasteiger partial charge is 0.307 e. The van der Waals surface area contributed by atoms with Gasteiger partial charge < -0.3 is 10.3 Å². The summed E-state index contributed by atoms with van der Waals surface area (Å²) in [7, 11) is 1.81. The molecule has 86 valence electrons. The average molecular weight is 236 g/mol. The number of nitrogens with two attached hydrogens (primary N) is 1. The lowest BCUT2D eigenvalue weighted by atomic mass is 10.1. The molecule has 0 saturated heterocycles. The standard InChI is InChI=1S/C12H16N2OS/c1-14-10-6-5-9(4-2-3-7-13)8-11(10)16-12(14)15/h5-6,8H,2-4,7,13H2,1H3. The zero-order valence-corrected chi connectivity index (χ0v) is 10.2. The summed E-state index contributed by atoms with van der Waals surface area (Å²) in [4.78, 5) is 11.6. The first kappa shape index (κ1) is 11.4. The first-order valence-corrected chi connectivity index (χ1v) is 6.32. The van der Waals surface area contributed by atoms with Crippen LogP contribution in [0.5, 0.6) is 0 Å². The van der Waals surface area contributed by atoms with Crippen LogP contribution in [0.25, 0.3) is 10.2 Å². The van der Waals surface area contributed by atoms with Gasteiger partial charge in [0, 0.05) is 7.05 Å². The molecule has 2 N–H and O–H groups in total. The fourth-order valence-corrected chi connectivity index (χ4v) is 2.75. The van der Waals surface area contributed by atoms with Gasteiger partial charge in [-0.05, 0) is 43.5 Å². The third-order valence-electron chi connectivity index (χ3n) is 2.78. The van der Waals surface area contributed by atoms with Crippen LogP contribution in [0.1, 0.15) is 18.4 Å². The van der Waals surface area contributed by atoms with Crippen molar-refractivity contribution in [3.63, 3.8) is 0 Å². The molecule has 0 atom stereocenters. The Bertz CT molecular complexity index is 541. The second-order valence-electron chi connectivity index (χ2n) is 3.97. The Morgan fingerprint density at radius 2 is 2.19 bits per heavy atom. The molecule has 0 spiro atoms. The van der Waals surface area contributed by atoms with E-state index < -0.39 is 0 Å². The molecular weight excluding hydrogens is 220 g/mol. The molecule has 0 aliphatic heterocycles. The van der Waals surface area contributed by atoms with Gasteiger partial charge in [0.05, 0.1) is 10.2 Å². The van der Waals surface area contributed by atoms with E-state index in [9.17, 15) is 4.79 Å². The number of unbranched alkanes of at least 4 members (excludes halogenated alkanes) is 1. The first-order valence-electron chi connectivity index (χ1n) is 5.51. The van der Waals surface area contributed by atoms with E-state index >= 15 is 0 Å². The minimum Gasteiger partial charge on any atom is -0.330 e. The molecule has 0 saturated carbocycles. The maximum absolute atomic E-state index is 11.5. The summed E-state index contributed by atoms with van der Waals surface area (Å²) in [5.41, 5.74) is 7.78. The van der Waals surface area contributed by atoms with Gasteiger partial charge in [-0.3, -0.25) is 4.79 Å². The highest BCUT2D eigenvalue weighted by atomic mass is 32.1. The largest absolute Gasteiger partial charge is 0.330 e. The van der Waals surface area contributed by atoms with Crippen molar-refractivity contribution >= 4 is 21.6 Å². The number of fused-ring (bicyclic) bond motifs is 1. The molecule has 0 aliphatic rings. The second-order valence-corrected chi connectivity index (χ2v) is 4.97. The van der Waals surface area contributed by atoms with Gasteiger partial charge in [0.1, 0.15) is 0 Å². The number of aryl methyl sites for hydroxylation is 2. The quantitative estimate of drug-likeness (QED) is 0.824. The van der Waals surface area contributed by atoms with Crippen LogP contribution in [0.2, 0.25) is 0 Å². The predicted octanol–water partition coefficient (Wildman–Crippen LogP) is 1.88. The SMILES string of the molecule is Cn1c(=O)sc2cc(CCCCN)ccc21. The van der Waals surface area contributed by atoms with Gasteiger partial charge in [-0.1, -0.05) is 17.4 Å². The van der Waals surface area contributed by atoms with Crippen molar-refractivity contribution in [3.05, 3.63) is 33.4 Å². The summed E-state index contributed by atoms with van der Waals surface area (Å²) in [6.07, 6.45) is 3.22. The highest BCUT2D eigenvalue weighted by Crippen LogP contribution is 2.19. The van der Waals surface area contributed by atoms with E-state index in [0.29, 0.717) is 0 Å². The highest BCUT2D eigenvalue weighted by molar-refractivity contribution is 7.16. The van der Waals surface area contributed by atoms with Crippen LogP contribution in [0, 0.1) is 0 Å². The Labute approximate surface area is 98.5 Å². The Morgan fingerprint density at radius 3 is 2.94 bits per heavy atom. The predicted molar refractivity (Wildman–Crippen MR) is 69.1 cm³/mol. The molecule has 0 aliphatic carbocycles. The van der Waals surface area contributed by atoms with Crippen molar-refractivity contribution in [2.24, 2.45) is 12.8 Å². The van der Waals surface area contributed by atoms with Gasteiger partial charge in [0.15, 0.2) is 0 Å². The number of thiazole rings is 1. The van der Waals surface area contributed by atoms with Crippen LogP contribution in [-0.2, 0) is 13.5 Å². The maximum Gasteiger partial charge on any atom is 0.307 e. The minimum absolute atomic E-state index is 0.106. The van der Waals surface area contributed by atoms with Gasteiger partial charge in [-0.15, -0.1) is 0 Å². The van der Waals surface area contributed by atoms with Crippen molar-refractivity contribution in [1.29, 1.82) is 0 Å². The summed E-state index contributed by atoms with van der Waals surface area (Å²) < 4.78 is 2.78. The normalized spacial score (nSPS) is 11.1. The number of rotatable bonds is 4. The lowest BCUT2D eigenvalue weighted by Gasteiger charge is -2.01. The van der Waals surface area contributed by atoms with E-state index in [1.165, 1.54) is 16.9 Å². The minimum atomic E-state index is 0.106. The van der Waals surface area contributed by atoms with E-state index in [1.54, 1.807) is 4.57 Å². The average Bonchev–Trinajstić information content (AvgIpc) is 2.55. The van der Waals surface area contributed by atoms with E-state index in [1.807, 2.05) is 13.1 Å². The Morgan fingerprint density at radius 1 is 1.38 bits per heavy atom. The third-order valence-corrected chi connectivity index (χ3v) is 3.77. The molecule has 2 rings (SSSR count). The topological polar surface area (TPSA) is 48.0 Å². The Balaban J connectivity index is 2.27. The van der Waals surface area contributed by atoms with Gasteiger partial charge in [0.25, 0.3) is 0 Å². The Kier molecular flexibility index (Phi) is 3.41. The molecule has 1 heterocycles. The van der Waals surface area contributed by atoms with Crippen molar-refractivity contribution in [2.75, 3.05) is 6.54 Å². The van der Waals surface area contributed by atoms with E-state index in [4.69, 9.17) is 5.73 Å². The molecule has 0 unspecified atom stereocenters. The molecular formula is C12H16N2OS. The van der Waals surface area contributed by atoms with Crippen molar-refractivity contribution < 1.29 is 0 Å². The molecule has 0 bridgehead atoms. The highest BCUT2D eigenvalue weighted by Gasteiger charge is 2.04. The van der Waals surface area contributed by atoms with Gasteiger partial charge in [-0.25, -0.2) is 0 Å². The van der Waals surface area contributed by atoms with Crippen LogP contribution in [0.3, 0.4) is 0 Å². The molecule has 4 heteroatoms. The van der Waals surface area contributed by atoms with E-state index in [2.05, 4.69) is 12.1 Å². The van der Waals surface area contributed by atoms with Crippen molar-refractivity contribution in [1.82, 2.24) is 4.57 Å². The van der Waals surface area contributed by atoms with Crippen LogP contribution in [0.4, 0.5) is 0 Å². The van der Waals surface area contributed by atoms with Crippen molar-refractivity contribution in [2.45, 2.75) is 19.3 Å². The second kappa shape index (κ2) is 4.80. The third kappa shape index (κ3) is 2.18. The van der Waals surface area contributed by atoms with Crippen molar-refractivity contribution in [3.8, 4) is 0 Å². The van der Waals surface area contributed by atoms with Crippen LogP contribution < -0.4 is 10.6 Å².